The Morgan fingerprint density at radius 1 is 1.00 bits per heavy atom. The first kappa shape index (κ1) is 18.6. The zero-order valence-electron chi connectivity index (χ0n) is 16.3. The van der Waals surface area contributed by atoms with Crippen LogP contribution in [0.1, 0.15) is 39.0 Å². The van der Waals surface area contributed by atoms with Gasteiger partial charge in [0.25, 0.3) is 5.91 Å². The Morgan fingerprint density at radius 3 is 2.50 bits per heavy atom. The highest BCUT2D eigenvalue weighted by molar-refractivity contribution is 6.32. The largest absolute Gasteiger partial charge is 0.450 e. The minimum atomic E-state index is -0.635. The number of benzene rings is 2. The summed E-state index contributed by atoms with van der Waals surface area (Å²) in [6.07, 6.45) is 0. The smallest absolute Gasteiger partial charge is 0.296 e. The van der Waals surface area contributed by atoms with Crippen LogP contribution in [0.25, 0.3) is 11.0 Å². The van der Waals surface area contributed by atoms with Crippen molar-refractivity contribution < 1.29 is 9.21 Å². The molecule has 30 heavy (non-hydrogen) atoms. The Bertz CT molecular complexity index is 1380. The normalized spacial score (nSPS) is 15.6. The molecule has 148 valence electrons. The van der Waals surface area contributed by atoms with E-state index in [0.29, 0.717) is 27.4 Å². The van der Waals surface area contributed by atoms with Gasteiger partial charge in [-0.25, -0.2) is 4.98 Å². The number of aromatic nitrogens is 1. The molecule has 0 bridgehead atoms. The number of hydrogen-bond donors (Lipinski definition) is 0. The number of carbonyl (C=O) groups is 1. The molecule has 0 aliphatic carbocycles. The Labute approximate surface area is 177 Å². The summed E-state index contributed by atoms with van der Waals surface area (Å²) in [6, 6.07) is 17.6. The molecule has 4 aromatic rings. The molecule has 0 fully saturated rings. The predicted octanol–water partition coefficient (Wildman–Crippen LogP) is 5.21. The molecular formula is C24H17ClN2O3. The number of fused-ring (bicyclic) bond motifs is 2. The van der Waals surface area contributed by atoms with E-state index < -0.39 is 6.04 Å². The van der Waals surface area contributed by atoms with Gasteiger partial charge in [0.15, 0.2) is 5.43 Å². The molecule has 1 atom stereocenters. The second-order valence-electron chi connectivity index (χ2n) is 7.40. The van der Waals surface area contributed by atoms with Gasteiger partial charge in [-0.3, -0.25) is 14.5 Å². The number of pyridine rings is 1. The summed E-state index contributed by atoms with van der Waals surface area (Å²) in [5.74, 6) is 0.132. The molecule has 6 heteroatoms. The molecule has 0 radical (unpaired) electrons. The molecule has 2 aromatic heterocycles. The highest BCUT2D eigenvalue weighted by Crippen LogP contribution is 2.40. The van der Waals surface area contributed by atoms with Crippen LogP contribution in [-0.4, -0.2) is 10.9 Å². The number of rotatable bonds is 2. The van der Waals surface area contributed by atoms with Crippen molar-refractivity contribution in [3.63, 3.8) is 0 Å². The monoisotopic (exact) mass is 416 g/mol. The average Bonchev–Trinajstić information content (AvgIpc) is 3.03. The Hall–Kier alpha value is -3.44. The Balaban J connectivity index is 1.84. The topological polar surface area (TPSA) is 63.4 Å². The summed E-state index contributed by atoms with van der Waals surface area (Å²) in [5, 5.41) is 0.838. The van der Waals surface area contributed by atoms with Crippen LogP contribution in [0, 0.1) is 13.8 Å². The van der Waals surface area contributed by atoms with Gasteiger partial charge < -0.3 is 4.42 Å². The van der Waals surface area contributed by atoms with Crippen LogP contribution in [0.15, 0.2) is 69.9 Å². The zero-order valence-corrected chi connectivity index (χ0v) is 17.1. The van der Waals surface area contributed by atoms with Crippen molar-refractivity contribution in [2.75, 3.05) is 4.90 Å². The molecule has 0 saturated heterocycles. The maximum absolute atomic E-state index is 13.5. The van der Waals surface area contributed by atoms with Crippen molar-refractivity contribution >= 4 is 34.3 Å². The van der Waals surface area contributed by atoms with E-state index in [9.17, 15) is 9.59 Å². The number of carbonyl (C=O) groups excluding carboxylic acids is 1. The highest BCUT2D eigenvalue weighted by atomic mass is 35.5. The minimum Gasteiger partial charge on any atom is -0.450 e. The quantitative estimate of drug-likeness (QED) is 0.450. The van der Waals surface area contributed by atoms with Crippen LogP contribution >= 0.6 is 11.6 Å². The van der Waals surface area contributed by atoms with Gasteiger partial charge in [-0.1, -0.05) is 48.0 Å². The van der Waals surface area contributed by atoms with Crippen molar-refractivity contribution in [1.82, 2.24) is 4.98 Å². The second kappa shape index (κ2) is 6.82. The maximum Gasteiger partial charge on any atom is 0.296 e. The SMILES string of the molecule is Cc1cccc(N2C(=O)c3oc4cc(C)c(Cl)cc4c(=O)c3[C@@H]2c2ccccc2)n1. The fourth-order valence-electron chi connectivity index (χ4n) is 3.94. The van der Waals surface area contributed by atoms with Crippen LogP contribution in [0.3, 0.4) is 0 Å². The van der Waals surface area contributed by atoms with E-state index in [-0.39, 0.29) is 17.1 Å². The molecule has 3 heterocycles. The summed E-state index contributed by atoms with van der Waals surface area (Å²) < 4.78 is 5.99. The van der Waals surface area contributed by atoms with Gasteiger partial charge in [0, 0.05) is 10.7 Å². The number of hydrogen-bond acceptors (Lipinski definition) is 4. The standard InChI is InChI=1S/C24H17ClN2O3/c1-13-11-18-16(12-17(13)25)22(28)20-21(15-8-4-3-5-9-15)27(24(29)23(20)30-18)19-10-6-7-14(2)26-19/h3-12,21H,1-2H3/t21-/m0/s1. The van der Waals surface area contributed by atoms with Crippen LogP contribution in [-0.2, 0) is 0 Å². The number of amides is 1. The summed E-state index contributed by atoms with van der Waals surface area (Å²) >= 11 is 6.27. The van der Waals surface area contributed by atoms with Gasteiger partial charge in [0.1, 0.15) is 11.4 Å². The summed E-state index contributed by atoms with van der Waals surface area (Å²) in [4.78, 5) is 33.1. The van der Waals surface area contributed by atoms with E-state index in [1.165, 1.54) is 4.90 Å². The summed E-state index contributed by atoms with van der Waals surface area (Å²) in [7, 11) is 0. The second-order valence-corrected chi connectivity index (χ2v) is 7.80. The van der Waals surface area contributed by atoms with E-state index in [1.54, 1.807) is 18.2 Å². The molecule has 1 amide bonds. The minimum absolute atomic E-state index is 0.0476. The fraction of sp³-hybridized carbons (Fsp3) is 0.125. The van der Waals surface area contributed by atoms with E-state index >= 15 is 0 Å². The molecule has 1 aliphatic rings. The Kier molecular flexibility index (Phi) is 4.22. The predicted molar refractivity (Wildman–Crippen MR) is 116 cm³/mol. The van der Waals surface area contributed by atoms with E-state index in [0.717, 1.165) is 16.8 Å². The number of anilines is 1. The molecule has 0 spiro atoms. The van der Waals surface area contributed by atoms with E-state index in [2.05, 4.69) is 4.98 Å². The Morgan fingerprint density at radius 2 is 1.77 bits per heavy atom. The van der Waals surface area contributed by atoms with Crippen LogP contribution < -0.4 is 10.3 Å². The third-order valence-electron chi connectivity index (χ3n) is 5.39. The van der Waals surface area contributed by atoms with E-state index in [4.69, 9.17) is 16.0 Å². The molecular weight excluding hydrogens is 400 g/mol. The number of nitrogens with zero attached hydrogens (tertiary/aromatic N) is 2. The first-order valence-electron chi connectivity index (χ1n) is 9.54. The molecule has 0 saturated carbocycles. The summed E-state index contributed by atoms with van der Waals surface area (Å²) in [6.45, 7) is 3.68. The van der Waals surface area contributed by atoms with Crippen LogP contribution in [0.2, 0.25) is 5.02 Å². The van der Waals surface area contributed by atoms with Gasteiger partial charge in [-0.15, -0.1) is 0 Å². The summed E-state index contributed by atoms with van der Waals surface area (Å²) in [5.41, 5.74) is 2.74. The van der Waals surface area contributed by atoms with Crippen molar-refractivity contribution in [3.05, 3.63) is 104 Å². The van der Waals surface area contributed by atoms with Gasteiger partial charge >= 0.3 is 0 Å². The lowest BCUT2D eigenvalue weighted by Gasteiger charge is -2.24. The third kappa shape index (κ3) is 2.74. The van der Waals surface area contributed by atoms with Crippen molar-refractivity contribution in [1.29, 1.82) is 0 Å². The number of aryl methyl sites for hydroxylation is 2. The van der Waals surface area contributed by atoms with Gasteiger partial charge in [0.2, 0.25) is 5.76 Å². The van der Waals surface area contributed by atoms with Gasteiger partial charge in [-0.05, 0) is 49.2 Å². The first-order chi connectivity index (χ1) is 14.5. The molecule has 0 unspecified atom stereocenters. The number of halogens is 1. The highest BCUT2D eigenvalue weighted by Gasteiger charge is 2.44. The van der Waals surface area contributed by atoms with Crippen molar-refractivity contribution in [2.24, 2.45) is 0 Å². The lowest BCUT2D eigenvalue weighted by Crippen LogP contribution is -2.30. The average molecular weight is 417 g/mol. The van der Waals surface area contributed by atoms with E-state index in [1.807, 2.05) is 56.3 Å². The van der Waals surface area contributed by atoms with Gasteiger partial charge in [0.05, 0.1) is 17.0 Å². The molecule has 2 aromatic carbocycles. The van der Waals surface area contributed by atoms with Gasteiger partial charge in [-0.2, -0.15) is 0 Å². The maximum atomic E-state index is 13.5. The molecule has 5 rings (SSSR count). The molecule has 0 N–H and O–H groups in total. The van der Waals surface area contributed by atoms with Crippen LogP contribution in [0.4, 0.5) is 5.82 Å². The third-order valence-corrected chi connectivity index (χ3v) is 5.79. The lowest BCUT2D eigenvalue weighted by molar-refractivity contribution is 0.0970. The molecule has 1 aliphatic heterocycles. The van der Waals surface area contributed by atoms with Crippen molar-refractivity contribution in [2.45, 2.75) is 19.9 Å². The van der Waals surface area contributed by atoms with Crippen LogP contribution in [0.5, 0.6) is 0 Å². The fourth-order valence-corrected chi connectivity index (χ4v) is 4.11. The zero-order chi connectivity index (χ0) is 21.0. The molecule has 5 nitrogen and oxygen atoms in total. The first-order valence-corrected chi connectivity index (χ1v) is 9.92. The van der Waals surface area contributed by atoms with Crippen molar-refractivity contribution in [3.8, 4) is 0 Å². The lowest BCUT2D eigenvalue weighted by atomic mass is 9.98.